The number of aliphatic hydroxyl groups is 1. The second-order valence-corrected chi connectivity index (χ2v) is 6.03. The molecule has 0 aromatic carbocycles. The molecule has 7 nitrogen and oxygen atoms in total. The molecule has 5 N–H and O–H groups in total. The molecule has 0 atom stereocenters. The van der Waals surface area contributed by atoms with Gasteiger partial charge in [-0.05, 0) is 0 Å². The number of nitrogen functional groups attached to an aromatic ring is 1. The molecule has 1 aromatic heterocycles. The fraction of sp³-hybridized carbons (Fsp3) is 0.625. The van der Waals surface area contributed by atoms with Crippen molar-refractivity contribution in [3.05, 3.63) is 6.20 Å². The van der Waals surface area contributed by atoms with Crippen molar-refractivity contribution in [1.29, 1.82) is 0 Å². The van der Waals surface area contributed by atoms with E-state index in [1.54, 1.807) is 13.8 Å². The highest BCUT2D eigenvalue weighted by atomic mass is 32.2. The molecule has 16 heavy (non-hydrogen) atoms. The van der Waals surface area contributed by atoms with Crippen LogP contribution in [0, 0.1) is 5.41 Å². The first-order valence-corrected chi connectivity index (χ1v) is 6.16. The van der Waals surface area contributed by atoms with Gasteiger partial charge >= 0.3 is 0 Å². The van der Waals surface area contributed by atoms with Crippen LogP contribution in [0.4, 0.5) is 5.82 Å². The summed E-state index contributed by atoms with van der Waals surface area (Å²) in [7, 11) is -3.67. The van der Waals surface area contributed by atoms with Gasteiger partial charge in [0.05, 0.1) is 6.20 Å². The number of rotatable bonds is 5. The minimum absolute atomic E-state index is 0.00527. The second kappa shape index (κ2) is 4.40. The van der Waals surface area contributed by atoms with E-state index in [-0.39, 0.29) is 23.9 Å². The van der Waals surface area contributed by atoms with Crippen LogP contribution in [0.25, 0.3) is 0 Å². The van der Waals surface area contributed by atoms with E-state index < -0.39 is 15.4 Å². The summed E-state index contributed by atoms with van der Waals surface area (Å²) in [4.78, 5) is -0.0822. The molecule has 0 fully saturated rings. The molecule has 0 saturated heterocycles. The molecule has 0 amide bonds. The molecule has 92 valence electrons. The van der Waals surface area contributed by atoms with E-state index in [0.29, 0.717) is 0 Å². The van der Waals surface area contributed by atoms with E-state index >= 15 is 0 Å². The van der Waals surface area contributed by atoms with Crippen molar-refractivity contribution in [3.63, 3.8) is 0 Å². The van der Waals surface area contributed by atoms with Crippen LogP contribution >= 0.6 is 0 Å². The monoisotopic (exact) mass is 248 g/mol. The fourth-order valence-electron chi connectivity index (χ4n) is 0.923. The summed E-state index contributed by atoms with van der Waals surface area (Å²) in [5.74, 6) is -0.00527. The van der Waals surface area contributed by atoms with Crippen molar-refractivity contribution in [2.24, 2.45) is 5.41 Å². The standard InChI is InChI=1S/C8H16N4O3S/c1-8(2,5-13)4-11-16(14,15)6-3-10-12-7(6)9/h3,11,13H,4-5H2,1-2H3,(H3,9,10,12). The zero-order valence-electron chi connectivity index (χ0n) is 9.19. The maximum Gasteiger partial charge on any atom is 0.245 e. The van der Waals surface area contributed by atoms with Crippen LogP contribution in [0.1, 0.15) is 13.8 Å². The van der Waals surface area contributed by atoms with E-state index in [9.17, 15) is 8.42 Å². The number of hydrogen-bond donors (Lipinski definition) is 4. The van der Waals surface area contributed by atoms with Crippen molar-refractivity contribution in [1.82, 2.24) is 14.9 Å². The lowest BCUT2D eigenvalue weighted by Crippen LogP contribution is -2.36. The highest BCUT2D eigenvalue weighted by Crippen LogP contribution is 2.16. The Bertz CT molecular complexity index is 452. The van der Waals surface area contributed by atoms with Gasteiger partial charge in [0.15, 0.2) is 0 Å². The topological polar surface area (TPSA) is 121 Å². The first-order chi connectivity index (χ1) is 7.28. The predicted octanol–water partition coefficient (Wildman–Crippen LogP) is -0.711. The zero-order chi connectivity index (χ0) is 12.4. The first kappa shape index (κ1) is 12.9. The van der Waals surface area contributed by atoms with E-state index in [0.717, 1.165) is 6.20 Å². The molecular weight excluding hydrogens is 232 g/mol. The Morgan fingerprint density at radius 1 is 1.62 bits per heavy atom. The van der Waals surface area contributed by atoms with E-state index in [4.69, 9.17) is 10.8 Å². The molecule has 0 aliphatic heterocycles. The number of aliphatic hydroxyl groups excluding tert-OH is 1. The third kappa shape index (κ3) is 2.94. The molecule has 1 heterocycles. The molecule has 0 saturated carbocycles. The second-order valence-electron chi connectivity index (χ2n) is 4.29. The van der Waals surface area contributed by atoms with E-state index in [2.05, 4.69) is 14.9 Å². The minimum atomic E-state index is -3.67. The summed E-state index contributed by atoms with van der Waals surface area (Å²) >= 11 is 0. The van der Waals surface area contributed by atoms with Crippen molar-refractivity contribution in [3.8, 4) is 0 Å². The van der Waals surface area contributed by atoms with Gasteiger partial charge < -0.3 is 10.8 Å². The Morgan fingerprint density at radius 2 is 2.25 bits per heavy atom. The third-order valence-electron chi connectivity index (χ3n) is 2.09. The lowest BCUT2D eigenvalue weighted by Gasteiger charge is -2.21. The highest BCUT2D eigenvalue weighted by Gasteiger charge is 2.23. The van der Waals surface area contributed by atoms with Gasteiger partial charge in [-0.3, -0.25) is 5.10 Å². The SMILES string of the molecule is CC(C)(CO)CNS(=O)(=O)c1cn[nH]c1N. The van der Waals surface area contributed by atoms with E-state index in [1.165, 1.54) is 0 Å². The third-order valence-corrected chi connectivity index (χ3v) is 3.52. The number of hydrogen-bond acceptors (Lipinski definition) is 5. The van der Waals surface area contributed by atoms with Gasteiger partial charge in [0.1, 0.15) is 10.7 Å². The number of nitrogens with one attached hydrogen (secondary N) is 2. The molecule has 1 rings (SSSR count). The van der Waals surface area contributed by atoms with Gasteiger partial charge in [-0.1, -0.05) is 13.8 Å². The van der Waals surface area contributed by atoms with Crippen molar-refractivity contribution >= 4 is 15.8 Å². The lowest BCUT2D eigenvalue weighted by molar-refractivity contribution is 0.163. The van der Waals surface area contributed by atoms with Gasteiger partial charge in [-0.15, -0.1) is 0 Å². The van der Waals surface area contributed by atoms with Gasteiger partial charge in [-0.2, -0.15) is 5.10 Å². The van der Waals surface area contributed by atoms with Crippen LogP contribution in [-0.2, 0) is 10.0 Å². The van der Waals surface area contributed by atoms with Gasteiger partial charge in [0.25, 0.3) is 0 Å². The Labute approximate surface area is 94.1 Å². The van der Waals surface area contributed by atoms with Crippen molar-refractivity contribution < 1.29 is 13.5 Å². The van der Waals surface area contributed by atoms with Crippen LogP contribution in [0.3, 0.4) is 0 Å². The van der Waals surface area contributed by atoms with E-state index in [1.807, 2.05) is 0 Å². The predicted molar refractivity (Wildman–Crippen MR) is 59.1 cm³/mol. The van der Waals surface area contributed by atoms with Crippen molar-refractivity contribution in [2.45, 2.75) is 18.7 Å². The fourth-order valence-corrected chi connectivity index (χ4v) is 2.19. The summed E-state index contributed by atoms with van der Waals surface area (Å²) < 4.78 is 25.9. The number of aromatic amines is 1. The molecule has 0 bridgehead atoms. The number of nitrogens with two attached hydrogens (primary N) is 1. The van der Waals surface area contributed by atoms with Crippen molar-refractivity contribution in [2.75, 3.05) is 18.9 Å². The average Bonchev–Trinajstić information content (AvgIpc) is 2.63. The van der Waals surface area contributed by atoms with Gasteiger partial charge in [0.2, 0.25) is 10.0 Å². The molecule has 0 spiro atoms. The molecule has 0 aliphatic rings. The molecule has 1 aromatic rings. The number of anilines is 1. The lowest BCUT2D eigenvalue weighted by atomic mass is 9.96. The molecule has 8 heteroatoms. The summed E-state index contributed by atoms with van der Waals surface area (Å²) in [5, 5.41) is 14.9. The molecule has 0 aliphatic carbocycles. The summed E-state index contributed by atoms with van der Waals surface area (Å²) in [6.07, 6.45) is 1.14. The summed E-state index contributed by atoms with van der Waals surface area (Å²) in [5.41, 5.74) is 4.89. The number of aromatic nitrogens is 2. The Hall–Kier alpha value is -1.12. The van der Waals surface area contributed by atoms with Gasteiger partial charge in [0, 0.05) is 18.6 Å². The van der Waals surface area contributed by atoms with Crippen LogP contribution in [0.2, 0.25) is 0 Å². The maximum atomic E-state index is 11.7. The number of H-pyrrole nitrogens is 1. The minimum Gasteiger partial charge on any atom is -0.396 e. The van der Waals surface area contributed by atoms with Crippen LogP contribution < -0.4 is 10.5 Å². The smallest absolute Gasteiger partial charge is 0.245 e. The quantitative estimate of drug-likeness (QED) is 0.548. The maximum absolute atomic E-state index is 11.7. The van der Waals surface area contributed by atoms with Crippen LogP contribution in [0.15, 0.2) is 11.1 Å². The van der Waals surface area contributed by atoms with Crippen LogP contribution in [0.5, 0.6) is 0 Å². The summed E-state index contributed by atoms with van der Waals surface area (Å²) in [6, 6.07) is 0. The molecule has 0 unspecified atom stereocenters. The Balaban J connectivity index is 2.79. The average molecular weight is 248 g/mol. The first-order valence-electron chi connectivity index (χ1n) is 4.68. The number of sulfonamides is 1. The highest BCUT2D eigenvalue weighted by molar-refractivity contribution is 7.89. The largest absolute Gasteiger partial charge is 0.396 e. The normalized spacial score (nSPS) is 12.9. The Kier molecular flexibility index (Phi) is 3.56. The summed E-state index contributed by atoms with van der Waals surface area (Å²) in [6.45, 7) is 3.50. The Morgan fingerprint density at radius 3 is 2.69 bits per heavy atom. The molecule has 0 radical (unpaired) electrons. The number of nitrogens with zero attached hydrogens (tertiary/aromatic N) is 1. The van der Waals surface area contributed by atoms with Crippen LogP contribution in [-0.4, -0.2) is 36.9 Å². The zero-order valence-corrected chi connectivity index (χ0v) is 10.0. The van der Waals surface area contributed by atoms with Gasteiger partial charge in [-0.25, -0.2) is 13.1 Å². The molecular formula is C8H16N4O3S.